The van der Waals surface area contributed by atoms with E-state index in [1.54, 1.807) is 0 Å². The molecule has 1 aromatic carbocycles. The SMILES string of the molecule is CCc1ccccc1CNS(=O)(=O)CC(C)CCl. The van der Waals surface area contributed by atoms with E-state index < -0.39 is 10.0 Å². The van der Waals surface area contributed by atoms with Crippen molar-refractivity contribution in [2.24, 2.45) is 5.92 Å². The Morgan fingerprint density at radius 1 is 1.28 bits per heavy atom. The number of benzene rings is 1. The highest BCUT2D eigenvalue weighted by Gasteiger charge is 2.15. The van der Waals surface area contributed by atoms with E-state index in [4.69, 9.17) is 11.6 Å². The average molecular weight is 290 g/mol. The Morgan fingerprint density at radius 3 is 2.44 bits per heavy atom. The van der Waals surface area contributed by atoms with E-state index in [9.17, 15) is 8.42 Å². The van der Waals surface area contributed by atoms with Gasteiger partial charge in [-0.2, -0.15) is 0 Å². The normalized spacial score (nSPS) is 13.5. The maximum absolute atomic E-state index is 11.8. The number of hydrogen-bond acceptors (Lipinski definition) is 2. The molecule has 1 rings (SSSR count). The Kier molecular flexibility index (Phi) is 6.12. The van der Waals surface area contributed by atoms with Gasteiger partial charge in [0.15, 0.2) is 0 Å². The molecule has 0 aliphatic heterocycles. The van der Waals surface area contributed by atoms with Gasteiger partial charge in [-0.15, -0.1) is 11.6 Å². The summed E-state index contributed by atoms with van der Waals surface area (Å²) in [4.78, 5) is 0. The van der Waals surface area contributed by atoms with Gasteiger partial charge in [0, 0.05) is 12.4 Å². The average Bonchev–Trinajstić information content (AvgIpc) is 2.36. The first-order chi connectivity index (χ1) is 8.48. The minimum Gasteiger partial charge on any atom is -0.212 e. The van der Waals surface area contributed by atoms with Crippen LogP contribution in [0.1, 0.15) is 25.0 Å². The largest absolute Gasteiger partial charge is 0.212 e. The van der Waals surface area contributed by atoms with Gasteiger partial charge in [0.05, 0.1) is 5.75 Å². The van der Waals surface area contributed by atoms with Crippen molar-refractivity contribution < 1.29 is 8.42 Å². The Morgan fingerprint density at radius 2 is 1.89 bits per heavy atom. The maximum Gasteiger partial charge on any atom is 0.212 e. The van der Waals surface area contributed by atoms with Crippen LogP contribution in [-0.2, 0) is 23.0 Å². The Bertz CT molecular complexity index is 474. The Balaban J connectivity index is 2.64. The van der Waals surface area contributed by atoms with Crippen molar-refractivity contribution in [3.05, 3.63) is 35.4 Å². The molecule has 0 amide bonds. The van der Waals surface area contributed by atoms with Crippen LogP contribution in [0.3, 0.4) is 0 Å². The lowest BCUT2D eigenvalue weighted by Crippen LogP contribution is -2.29. The molecule has 1 N–H and O–H groups in total. The summed E-state index contributed by atoms with van der Waals surface area (Å²) in [7, 11) is -3.25. The van der Waals surface area contributed by atoms with Crippen LogP contribution in [0.2, 0.25) is 0 Å². The van der Waals surface area contributed by atoms with Crippen LogP contribution in [0, 0.1) is 5.92 Å². The third kappa shape index (κ3) is 4.96. The molecule has 0 saturated carbocycles. The lowest BCUT2D eigenvalue weighted by molar-refractivity contribution is 0.568. The van der Waals surface area contributed by atoms with Crippen molar-refractivity contribution in [2.45, 2.75) is 26.8 Å². The van der Waals surface area contributed by atoms with E-state index in [1.165, 1.54) is 5.56 Å². The molecule has 1 aromatic rings. The van der Waals surface area contributed by atoms with Gasteiger partial charge >= 0.3 is 0 Å². The molecule has 0 radical (unpaired) electrons. The molecule has 0 aliphatic carbocycles. The topological polar surface area (TPSA) is 46.2 Å². The quantitative estimate of drug-likeness (QED) is 0.784. The van der Waals surface area contributed by atoms with Gasteiger partial charge in [0.2, 0.25) is 10.0 Å². The zero-order valence-corrected chi connectivity index (χ0v) is 12.4. The zero-order chi connectivity index (χ0) is 13.6. The molecule has 0 fully saturated rings. The van der Waals surface area contributed by atoms with E-state index in [2.05, 4.69) is 11.6 Å². The first-order valence-corrected chi connectivity index (χ1v) is 8.27. The molecular weight excluding hydrogens is 270 g/mol. The van der Waals surface area contributed by atoms with Gasteiger partial charge in [-0.1, -0.05) is 38.1 Å². The highest BCUT2D eigenvalue weighted by molar-refractivity contribution is 7.89. The fraction of sp³-hybridized carbons (Fsp3) is 0.538. The first-order valence-electron chi connectivity index (χ1n) is 6.08. The molecule has 1 unspecified atom stereocenters. The molecule has 1 atom stereocenters. The number of nitrogens with one attached hydrogen (secondary N) is 1. The van der Waals surface area contributed by atoms with Crippen molar-refractivity contribution in [1.82, 2.24) is 4.72 Å². The number of rotatable bonds is 7. The van der Waals surface area contributed by atoms with Gasteiger partial charge in [-0.25, -0.2) is 13.1 Å². The van der Waals surface area contributed by atoms with Crippen LogP contribution in [0.15, 0.2) is 24.3 Å². The predicted molar refractivity (Wildman–Crippen MR) is 76.3 cm³/mol. The van der Waals surface area contributed by atoms with Gasteiger partial charge in [-0.05, 0) is 23.5 Å². The van der Waals surface area contributed by atoms with Crippen LogP contribution in [0.5, 0.6) is 0 Å². The van der Waals surface area contributed by atoms with E-state index in [0.717, 1.165) is 12.0 Å². The van der Waals surface area contributed by atoms with Gasteiger partial charge in [0.1, 0.15) is 0 Å². The lowest BCUT2D eigenvalue weighted by atomic mass is 10.1. The standard InChI is InChI=1S/C13H20ClNO2S/c1-3-12-6-4-5-7-13(12)9-15-18(16,17)10-11(2)8-14/h4-7,11,15H,3,8-10H2,1-2H3. The third-order valence-electron chi connectivity index (χ3n) is 2.75. The smallest absolute Gasteiger partial charge is 0.212 e. The second-order valence-electron chi connectivity index (χ2n) is 4.48. The highest BCUT2D eigenvalue weighted by Crippen LogP contribution is 2.10. The highest BCUT2D eigenvalue weighted by atomic mass is 35.5. The number of alkyl halides is 1. The summed E-state index contributed by atoms with van der Waals surface area (Å²) >= 11 is 5.63. The summed E-state index contributed by atoms with van der Waals surface area (Å²) in [6.45, 7) is 4.23. The van der Waals surface area contributed by atoms with Crippen molar-refractivity contribution in [3.8, 4) is 0 Å². The summed E-state index contributed by atoms with van der Waals surface area (Å²) in [6.07, 6.45) is 0.899. The van der Waals surface area contributed by atoms with Crippen molar-refractivity contribution >= 4 is 21.6 Å². The van der Waals surface area contributed by atoms with Crippen molar-refractivity contribution in [3.63, 3.8) is 0 Å². The van der Waals surface area contributed by atoms with Crippen LogP contribution in [-0.4, -0.2) is 20.1 Å². The molecule has 0 saturated heterocycles. The summed E-state index contributed by atoms with van der Waals surface area (Å²) in [5.41, 5.74) is 2.20. The predicted octanol–water partition coefficient (Wildman–Crippen LogP) is 2.54. The molecule has 0 bridgehead atoms. The number of halogens is 1. The van der Waals surface area contributed by atoms with Crippen LogP contribution >= 0.6 is 11.6 Å². The fourth-order valence-electron chi connectivity index (χ4n) is 1.74. The number of sulfonamides is 1. The number of aryl methyl sites for hydroxylation is 1. The van der Waals surface area contributed by atoms with Crippen LogP contribution in [0.25, 0.3) is 0 Å². The second-order valence-corrected chi connectivity index (χ2v) is 6.64. The third-order valence-corrected chi connectivity index (χ3v) is 4.87. The van der Waals surface area contributed by atoms with Crippen molar-refractivity contribution in [2.75, 3.05) is 11.6 Å². The van der Waals surface area contributed by atoms with Crippen LogP contribution < -0.4 is 4.72 Å². The fourth-order valence-corrected chi connectivity index (χ4v) is 3.34. The van der Waals surface area contributed by atoms with Gasteiger partial charge < -0.3 is 0 Å². The minimum atomic E-state index is -3.25. The molecule has 0 heterocycles. The molecule has 3 nitrogen and oxygen atoms in total. The summed E-state index contributed by atoms with van der Waals surface area (Å²) in [5, 5.41) is 0. The summed E-state index contributed by atoms with van der Waals surface area (Å²) in [5.74, 6) is 0.391. The lowest BCUT2D eigenvalue weighted by Gasteiger charge is -2.12. The first kappa shape index (κ1) is 15.5. The molecule has 0 aromatic heterocycles. The maximum atomic E-state index is 11.8. The van der Waals surface area contributed by atoms with E-state index >= 15 is 0 Å². The summed E-state index contributed by atoms with van der Waals surface area (Å²) in [6, 6.07) is 7.86. The van der Waals surface area contributed by atoms with Crippen molar-refractivity contribution in [1.29, 1.82) is 0 Å². The Labute approximate surface area is 115 Å². The number of hydrogen-bond donors (Lipinski definition) is 1. The summed E-state index contributed by atoms with van der Waals surface area (Å²) < 4.78 is 26.2. The molecule has 102 valence electrons. The van der Waals surface area contributed by atoms with Crippen LogP contribution in [0.4, 0.5) is 0 Å². The zero-order valence-electron chi connectivity index (χ0n) is 10.8. The molecule has 0 spiro atoms. The van der Waals surface area contributed by atoms with Gasteiger partial charge in [0.25, 0.3) is 0 Å². The molecule has 18 heavy (non-hydrogen) atoms. The Hall–Kier alpha value is -0.580. The minimum absolute atomic E-state index is 0.0365. The molecule has 0 aliphatic rings. The van der Waals surface area contributed by atoms with Gasteiger partial charge in [-0.3, -0.25) is 0 Å². The van der Waals surface area contributed by atoms with E-state index in [0.29, 0.717) is 12.4 Å². The molecule has 5 heteroatoms. The monoisotopic (exact) mass is 289 g/mol. The van der Waals surface area contributed by atoms with E-state index in [1.807, 2.05) is 31.2 Å². The van der Waals surface area contributed by atoms with E-state index in [-0.39, 0.29) is 11.7 Å². The second kappa shape index (κ2) is 7.12. The molecular formula is C13H20ClNO2S.